The molecule has 414 valence electrons. The first-order valence-corrected chi connectivity index (χ1v) is 23.9. The zero-order valence-electron chi connectivity index (χ0n) is 36.7. The first-order valence-electron chi connectivity index (χ1n) is 19.6. The van der Waals surface area contributed by atoms with Gasteiger partial charge in [0.05, 0.1) is 27.9 Å². The summed E-state index contributed by atoms with van der Waals surface area (Å²) < 4.78 is 321. The number of nitro groups is 2. The van der Waals surface area contributed by atoms with Crippen LogP contribution in [0.1, 0.15) is 12.0 Å². The minimum Gasteiger partial charge on any atom is -0.279 e. The van der Waals surface area contributed by atoms with Crippen LogP contribution in [-0.2, 0) is 34.9 Å². The summed E-state index contributed by atoms with van der Waals surface area (Å²) in [4.78, 5) is 23.2. The summed E-state index contributed by atoms with van der Waals surface area (Å²) in [5, 5.41) is 23.5. The van der Waals surface area contributed by atoms with E-state index in [9.17, 15) is 111 Å². The minimum absolute atomic E-state index is 0.203. The zero-order chi connectivity index (χ0) is 57.3. The second kappa shape index (κ2) is 21.6. The number of halogens is 17. The molecule has 0 radical (unpaired) electrons. The van der Waals surface area contributed by atoms with Crippen LogP contribution in [0.3, 0.4) is 0 Å². The summed E-state index contributed by atoms with van der Waals surface area (Å²) in [6, 6.07) is 10.1. The fourth-order valence-electron chi connectivity index (χ4n) is 6.02. The Labute approximate surface area is 406 Å². The van der Waals surface area contributed by atoms with Gasteiger partial charge >= 0.3 is 47.6 Å². The average molecular weight is 1160 g/mol. The first-order chi connectivity index (χ1) is 33.4. The topological polar surface area (TPSA) is 208 Å². The molecule has 0 heterocycles. The molecule has 0 amide bonds. The Hall–Kier alpha value is -5.56. The molecular weight excluding hydrogens is 1120 g/mol. The van der Waals surface area contributed by atoms with Gasteiger partial charge in [-0.1, -0.05) is 59.1 Å². The molecule has 3 aromatic carbocycles. The van der Waals surface area contributed by atoms with Crippen molar-refractivity contribution >= 4 is 41.4 Å². The lowest BCUT2D eigenvalue weighted by Crippen LogP contribution is -2.74. The Kier molecular flexibility index (Phi) is 18.3. The molecule has 0 N–H and O–H groups in total. The molecule has 74 heavy (non-hydrogen) atoms. The van der Waals surface area contributed by atoms with E-state index in [2.05, 4.69) is 13.2 Å². The van der Waals surface area contributed by atoms with Crippen molar-refractivity contribution in [1.29, 1.82) is 0 Å². The molecule has 16 nitrogen and oxygen atoms in total. The maximum Gasteiger partial charge on any atom is 0.460 e. The van der Waals surface area contributed by atoms with Crippen LogP contribution in [0.4, 0.5) is 86.0 Å². The number of alkyl halides is 17. The molecule has 0 saturated heterocycles. The van der Waals surface area contributed by atoms with E-state index in [4.69, 9.17) is 4.84 Å². The summed E-state index contributed by atoms with van der Waals surface area (Å²) >= 11 is 0. The molecule has 0 atom stereocenters. The smallest absolute Gasteiger partial charge is 0.279 e. The minimum atomic E-state index is -8.94. The van der Waals surface area contributed by atoms with Gasteiger partial charge in [-0.3, -0.25) is 25.1 Å². The van der Waals surface area contributed by atoms with Crippen molar-refractivity contribution in [2.45, 2.75) is 75.7 Å². The van der Waals surface area contributed by atoms with Crippen molar-refractivity contribution < 1.29 is 115 Å². The van der Waals surface area contributed by atoms with Gasteiger partial charge in [0, 0.05) is 44.7 Å². The molecular formula is C38H34F17N5O11S3. The predicted molar refractivity (Wildman–Crippen MR) is 219 cm³/mol. The van der Waals surface area contributed by atoms with Crippen molar-refractivity contribution in [3.05, 3.63) is 123 Å². The van der Waals surface area contributed by atoms with E-state index in [0.29, 0.717) is 28.6 Å². The number of hydroxylamine groups is 1. The Balaban J connectivity index is 2.11. The summed E-state index contributed by atoms with van der Waals surface area (Å²) in [6.45, 7) is -0.758. The number of sulfonamides is 3. The fourth-order valence-corrected chi connectivity index (χ4v) is 10.4. The monoisotopic (exact) mass is 1160 g/mol. The number of nitrogens with zero attached hydrogens (tertiary/aromatic N) is 5. The quantitative estimate of drug-likeness (QED) is 0.0304. The van der Waals surface area contributed by atoms with Crippen LogP contribution in [0.5, 0.6) is 0 Å². The van der Waals surface area contributed by atoms with E-state index < -0.39 is 169 Å². The fraction of sp³-hybridized carbons (Fsp3) is 0.421. The molecule has 0 bridgehead atoms. The number of aryl methyl sites for hydroxylation is 1. The zero-order valence-corrected chi connectivity index (χ0v) is 39.2. The third-order valence-corrected chi connectivity index (χ3v) is 15.6. The lowest BCUT2D eigenvalue weighted by Gasteiger charge is -2.43. The molecule has 3 rings (SSSR count). The van der Waals surface area contributed by atoms with Gasteiger partial charge in [-0.25, -0.2) is 25.3 Å². The van der Waals surface area contributed by atoms with Crippen molar-refractivity contribution in [1.82, 2.24) is 13.1 Å². The van der Waals surface area contributed by atoms with Crippen LogP contribution >= 0.6 is 0 Å². The van der Waals surface area contributed by atoms with Crippen molar-refractivity contribution in [2.75, 3.05) is 39.3 Å². The van der Waals surface area contributed by atoms with Gasteiger partial charge in [-0.15, -0.1) is 6.58 Å². The standard InChI is InChI=1S/C38H34F17N5O11S3/c1-4-18-56(73(67,68)29-11-7-5-9-27(29)59(61)62)20-21-58(74(69,70)30-12-8-6-10-28(30)60(63)64)71-23-25(3)22-57(72(65,66)26-15-13-24(2)14-16-26)19-17-31(39,40)32(41,42)33(43,44)34(45,46)35(47,48)36(49,50)37(51,52)38(53,54)55/h4-16H,1,3,17-23H2,2H3. The van der Waals surface area contributed by atoms with Gasteiger partial charge < -0.3 is 0 Å². The highest BCUT2D eigenvalue weighted by atomic mass is 32.2. The predicted octanol–water partition coefficient (Wildman–Crippen LogP) is 9.26. The summed E-state index contributed by atoms with van der Waals surface area (Å²) in [7, 11) is -16.1. The van der Waals surface area contributed by atoms with E-state index in [1.807, 2.05) is 0 Å². The maximum atomic E-state index is 15.2. The lowest BCUT2D eigenvalue weighted by atomic mass is 9.88. The van der Waals surface area contributed by atoms with Gasteiger partial charge in [0.25, 0.3) is 21.4 Å². The molecule has 0 fully saturated rings. The van der Waals surface area contributed by atoms with Gasteiger partial charge in [-0.2, -0.15) is 83.2 Å². The normalized spacial score (nSPS) is 14.2. The largest absolute Gasteiger partial charge is 0.460 e. The van der Waals surface area contributed by atoms with Gasteiger partial charge in [0.1, 0.15) is 0 Å². The van der Waals surface area contributed by atoms with Crippen molar-refractivity contribution in [2.24, 2.45) is 0 Å². The Bertz CT molecular complexity index is 2930. The molecule has 3 aromatic rings. The van der Waals surface area contributed by atoms with E-state index in [-0.39, 0.29) is 10.0 Å². The highest BCUT2D eigenvalue weighted by Crippen LogP contribution is 2.64. The Morgan fingerprint density at radius 2 is 1.00 bits per heavy atom. The van der Waals surface area contributed by atoms with E-state index in [1.165, 1.54) is 6.92 Å². The molecule has 0 saturated carbocycles. The van der Waals surface area contributed by atoms with Gasteiger partial charge in [0.2, 0.25) is 20.0 Å². The summed E-state index contributed by atoms with van der Waals surface area (Å²) in [5.74, 6) is -59.0. The molecule has 0 aliphatic carbocycles. The van der Waals surface area contributed by atoms with Crippen LogP contribution in [0.2, 0.25) is 0 Å². The van der Waals surface area contributed by atoms with Gasteiger partial charge in [0.15, 0.2) is 9.79 Å². The third kappa shape index (κ3) is 11.6. The maximum absolute atomic E-state index is 15.2. The van der Waals surface area contributed by atoms with Crippen molar-refractivity contribution in [3.63, 3.8) is 0 Å². The van der Waals surface area contributed by atoms with Crippen molar-refractivity contribution in [3.8, 4) is 0 Å². The summed E-state index contributed by atoms with van der Waals surface area (Å²) in [5.41, 5.74) is -2.86. The van der Waals surface area contributed by atoms with E-state index in [0.717, 1.165) is 54.6 Å². The number of rotatable bonds is 27. The molecule has 0 aromatic heterocycles. The highest BCUT2D eigenvalue weighted by molar-refractivity contribution is 7.89. The lowest BCUT2D eigenvalue weighted by molar-refractivity contribution is -0.461. The molecule has 0 unspecified atom stereocenters. The second-order valence-electron chi connectivity index (χ2n) is 15.2. The van der Waals surface area contributed by atoms with E-state index in [1.54, 1.807) is 0 Å². The number of hydrogen-bond donors (Lipinski definition) is 0. The van der Waals surface area contributed by atoms with Crippen LogP contribution < -0.4 is 0 Å². The molecule has 0 aliphatic heterocycles. The third-order valence-electron chi connectivity index (χ3n) is 10.1. The number of benzene rings is 3. The first kappa shape index (κ1) is 62.7. The molecule has 36 heteroatoms. The Morgan fingerprint density at radius 1 is 0.581 bits per heavy atom. The second-order valence-corrected chi connectivity index (χ2v) is 20.8. The summed E-state index contributed by atoms with van der Waals surface area (Å²) in [6.07, 6.45) is -10.4. The SMILES string of the molecule is C=CCN(CCN(OCC(=C)CN(CCC(F)(F)C(F)(F)C(F)(F)C(F)(F)C(F)(F)C(F)(F)C(F)(F)C(F)(F)F)S(=O)(=O)c1ccc(C)cc1)S(=O)(=O)c1ccccc1[N+](=O)[O-])S(=O)(=O)c1ccccc1[N+](=O)[O-]. The van der Waals surface area contributed by atoms with E-state index >= 15 is 8.78 Å². The van der Waals surface area contributed by atoms with Crippen LogP contribution in [0, 0.1) is 27.2 Å². The van der Waals surface area contributed by atoms with Crippen LogP contribution in [0.15, 0.2) is 112 Å². The highest BCUT2D eigenvalue weighted by Gasteiger charge is 2.95. The van der Waals surface area contributed by atoms with Crippen LogP contribution in [-0.4, -0.2) is 135 Å². The molecule has 0 spiro atoms. The average Bonchev–Trinajstić information content (AvgIpc) is 3.28. The number of hydrogen-bond acceptors (Lipinski definition) is 11. The van der Waals surface area contributed by atoms with Gasteiger partial charge in [-0.05, 0) is 36.8 Å². The molecule has 0 aliphatic rings. The Morgan fingerprint density at radius 3 is 1.43 bits per heavy atom. The number of para-hydroxylation sites is 2. The van der Waals surface area contributed by atoms with Crippen LogP contribution in [0.25, 0.3) is 0 Å². The number of nitro benzene ring substituents is 2.